The van der Waals surface area contributed by atoms with Crippen molar-refractivity contribution in [3.05, 3.63) is 33.9 Å². The Morgan fingerprint density at radius 1 is 1.58 bits per heavy atom. The Morgan fingerprint density at radius 3 is 2.79 bits per heavy atom. The molecule has 0 fully saturated rings. The van der Waals surface area contributed by atoms with Crippen molar-refractivity contribution < 1.29 is 9.72 Å². The lowest BCUT2D eigenvalue weighted by Crippen LogP contribution is -2.22. The standard InChI is InChI=1S/C13H15N3O3/c1-3-4-10(8-14)13(17)15-12-7-11(16(18)19)6-5-9(12)2/h5-7,10H,3-4H2,1-2H3,(H,15,17). The smallest absolute Gasteiger partial charge is 0.271 e. The Hall–Kier alpha value is -2.42. The third-order valence-corrected chi connectivity index (χ3v) is 2.74. The van der Waals surface area contributed by atoms with Gasteiger partial charge >= 0.3 is 0 Å². The van der Waals surface area contributed by atoms with Crippen molar-refractivity contribution in [2.45, 2.75) is 26.7 Å². The molecule has 6 nitrogen and oxygen atoms in total. The van der Waals surface area contributed by atoms with E-state index in [0.29, 0.717) is 17.7 Å². The van der Waals surface area contributed by atoms with E-state index in [1.807, 2.05) is 13.0 Å². The second kappa shape index (κ2) is 6.50. The van der Waals surface area contributed by atoms with Crippen LogP contribution >= 0.6 is 0 Å². The molecule has 0 aromatic heterocycles. The SMILES string of the molecule is CCCC(C#N)C(=O)Nc1cc([N+](=O)[O-])ccc1C. The Bertz CT molecular complexity index is 534. The minimum absolute atomic E-state index is 0.0927. The van der Waals surface area contributed by atoms with Crippen molar-refractivity contribution in [2.75, 3.05) is 5.32 Å². The van der Waals surface area contributed by atoms with Gasteiger partial charge in [-0.05, 0) is 18.9 Å². The molecule has 0 spiro atoms. The van der Waals surface area contributed by atoms with Gasteiger partial charge in [-0.15, -0.1) is 0 Å². The molecule has 1 N–H and O–H groups in total. The van der Waals surface area contributed by atoms with Crippen molar-refractivity contribution in [3.8, 4) is 6.07 Å². The second-order valence-corrected chi connectivity index (χ2v) is 4.22. The van der Waals surface area contributed by atoms with E-state index < -0.39 is 16.7 Å². The summed E-state index contributed by atoms with van der Waals surface area (Å²) in [5.41, 5.74) is 0.993. The van der Waals surface area contributed by atoms with Gasteiger partial charge in [0.1, 0.15) is 5.92 Å². The molecule has 0 saturated heterocycles. The van der Waals surface area contributed by atoms with E-state index in [1.54, 1.807) is 13.0 Å². The number of benzene rings is 1. The van der Waals surface area contributed by atoms with E-state index in [0.717, 1.165) is 6.42 Å². The lowest BCUT2D eigenvalue weighted by atomic mass is 10.0. The van der Waals surface area contributed by atoms with E-state index in [-0.39, 0.29) is 5.69 Å². The molecule has 1 aromatic carbocycles. The quantitative estimate of drug-likeness (QED) is 0.651. The summed E-state index contributed by atoms with van der Waals surface area (Å²) in [6.07, 6.45) is 1.19. The monoisotopic (exact) mass is 261 g/mol. The van der Waals surface area contributed by atoms with Gasteiger partial charge in [-0.3, -0.25) is 14.9 Å². The van der Waals surface area contributed by atoms with E-state index in [2.05, 4.69) is 5.32 Å². The maximum atomic E-state index is 11.9. The van der Waals surface area contributed by atoms with Crippen LogP contribution in [0, 0.1) is 34.3 Å². The number of nitrogens with one attached hydrogen (secondary N) is 1. The van der Waals surface area contributed by atoms with Crippen LogP contribution in [0.25, 0.3) is 0 Å². The van der Waals surface area contributed by atoms with Gasteiger partial charge < -0.3 is 5.32 Å². The largest absolute Gasteiger partial charge is 0.324 e. The molecule has 1 unspecified atom stereocenters. The number of carbonyl (C=O) groups excluding carboxylic acids is 1. The molecule has 1 aromatic rings. The van der Waals surface area contributed by atoms with Crippen molar-refractivity contribution in [1.82, 2.24) is 0 Å². The summed E-state index contributed by atoms with van der Waals surface area (Å²) in [5.74, 6) is -1.16. The molecule has 6 heteroatoms. The summed E-state index contributed by atoms with van der Waals surface area (Å²) in [5, 5.41) is 22.2. The van der Waals surface area contributed by atoms with Crippen molar-refractivity contribution >= 4 is 17.3 Å². The fraction of sp³-hybridized carbons (Fsp3) is 0.385. The summed E-state index contributed by atoms with van der Waals surface area (Å²) < 4.78 is 0. The van der Waals surface area contributed by atoms with Gasteiger partial charge in [-0.25, -0.2) is 0 Å². The first kappa shape index (κ1) is 14.6. The van der Waals surface area contributed by atoms with Gasteiger partial charge in [-0.2, -0.15) is 5.26 Å². The highest BCUT2D eigenvalue weighted by molar-refractivity contribution is 5.95. The molecule has 19 heavy (non-hydrogen) atoms. The number of rotatable bonds is 5. The Labute approximate surface area is 111 Å². The molecule has 1 rings (SSSR count). The lowest BCUT2D eigenvalue weighted by molar-refractivity contribution is -0.384. The molecule has 0 radical (unpaired) electrons. The summed E-state index contributed by atoms with van der Waals surface area (Å²) in [6, 6.07) is 6.17. The molecule has 0 bridgehead atoms. The maximum Gasteiger partial charge on any atom is 0.271 e. The van der Waals surface area contributed by atoms with Gasteiger partial charge in [0.05, 0.1) is 16.7 Å². The summed E-state index contributed by atoms with van der Waals surface area (Å²) in [6.45, 7) is 3.62. The number of aryl methyl sites for hydroxylation is 1. The van der Waals surface area contributed by atoms with Gasteiger partial charge in [-0.1, -0.05) is 19.4 Å². The zero-order valence-corrected chi connectivity index (χ0v) is 10.8. The number of nitrogens with zero attached hydrogens (tertiary/aromatic N) is 2. The van der Waals surface area contributed by atoms with Gasteiger partial charge in [0.25, 0.3) is 5.69 Å². The van der Waals surface area contributed by atoms with E-state index in [1.165, 1.54) is 12.1 Å². The molecule has 0 aliphatic rings. The molecule has 1 amide bonds. The van der Waals surface area contributed by atoms with Crippen LogP contribution in [0.5, 0.6) is 0 Å². The van der Waals surface area contributed by atoms with E-state index in [9.17, 15) is 14.9 Å². The zero-order valence-electron chi connectivity index (χ0n) is 10.8. The number of nitro benzene ring substituents is 1. The third-order valence-electron chi connectivity index (χ3n) is 2.74. The van der Waals surface area contributed by atoms with Crippen LogP contribution < -0.4 is 5.32 Å². The number of amides is 1. The van der Waals surface area contributed by atoms with Crippen molar-refractivity contribution in [1.29, 1.82) is 5.26 Å². The van der Waals surface area contributed by atoms with Crippen LogP contribution in [0.2, 0.25) is 0 Å². The average Bonchev–Trinajstić information content (AvgIpc) is 2.38. The minimum atomic E-state index is -0.733. The van der Waals surface area contributed by atoms with Gasteiger partial charge in [0, 0.05) is 12.1 Å². The fourth-order valence-electron chi connectivity index (χ4n) is 1.62. The molecule has 0 saturated carbocycles. The van der Waals surface area contributed by atoms with Crippen LogP contribution in [0.3, 0.4) is 0 Å². The van der Waals surface area contributed by atoms with Crippen LogP contribution in [-0.2, 0) is 4.79 Å². The van der Waals surface area contributed by atoms with Crippen molar-refractivity contribution in [2.24, 2.45) is 5.92 Å². The average molecular weight is 261 g/mol. The first-order valence-corrected chi connectivity index (χ1v) is 5.95. The Morgan fingerprint density at radius 2 is 2.26 bits per heavy atom. The summed E-state index contributed by atoms with van der Waals surface area (Å²) in [4.78, 5) is 22.0. The fourth-order valence-corrected chi connectivity index (χ4v) is 1.62. The number of hydrogen-bond acceptors (Lipinski definition) is 4. The number of anilines is 1. The Kier molecular flexibility index (Phi) is 5.01. The number of nitriles is 1. The first-order valence-electron chi connectivity index (χ1n) is 5.95. The predicted molar refractivity (Wildman–Crippen MR) is 70.5 cm³/mol. The molecule has 0 heterocycles. The second-order valence-electron chi connectivity index (χ2n) is 4.22. The molecule has 1 atom stereocenters. The van der Waals surface area contributed by atoms with Crippen LogP contribution in [-0.4, -0.2) is 10.8 Å². The summed E-state index contributed by atoms with van der Waals surface area (Å²) >= 11 is 0. The van der Waals surface area contributed by atoms with Crippen LogP contribution in [0.4, 0.5) is 11.4 Å². The molecular weight excluding hydrogens is 246 g/mol. The Balaban J connectivity index is 2.93. The lowest BCUT2D eigenvalue weighted by Gasteiger charge is -2.11. The molecule has 0 aliphatic heterocycles. The zero-order chi connectivity index (χ0) is 14.4. The molecular formula is C13H15N3O3. The van der Waals surface area contributed by atoms with Crippen molar-refractivity contribution in [3.63, 3.8) is 0 Å². The first-order chi connectivity index (χ1) is 8.99. The highest BCUT2D eigenvalue weighted by Gasteiger charge is 2.18. The van der Waals surface area contributed by atoms with Crippen LogP contribution in [0.1, 0.15) is 25.3 Å². The highest BCUT2D eigenvalue weighted by atomic mass is 16.6. The topological polar surface area (TPSA) is 96.0 Å². The third kappa shape index (κ3) is 3.78. The van der Waals surface area contributed by atoms with E-state index in [4.69, 9.17) is 5.26 Å². The predicted octanol–water partition coefficient (Wildman–Crippen LogP) is 2.78. The van der Waals surface area contributed by atoms with Crippen LogP contribution in [0.15, 0.2) is 18.2 Å². The number of nitro groups is 1. The number of carbonyl (C=O) groups is 1. The summed E-state index contributed by atoms with van der Waals surface area (Å²) in [7, 11) is 0. The maximum absolute atomic E-state index is 11.9. The molecule has 0 aliphatic carbocycles. The van der Waals surface area contributed by atoms with Gasteiger partial charge in [0.2, 0.25) is 5.91 Å². The van der Waals surface area contributed by atoms with Gasteiger partial charge in [0.15, 0.2) is 0 Å². The minimum Gasteiger partial charge on any atom is -0.324 e. The number of hydrogen-bond donors (Lipinski definition) is 1. The normalized spacial score (nSPS) is 11.4. The van der Waals surface area contributed by atoms with E-state index >= 15 is 0 Å². The highest BCUT2D eigenvalue weighted by Crippen LogP contribution is 2.22. The number of non-ortho nitro benzene ring substituents is 1. The molecule has 100 valence electrons.